The number of carbonyl (C=O) groups excluding carboxylic acids is 3. The van der Waals surface area contributed by atoms with E-state index in [0.717, 1.165) is 28.7 Å². The number of hydrogen-bond donors (Lipinski definition) is 2. The fourth-order valence-corrected chi connectivity index (χ4v) is 6.94. The van der Waals surface area contributed by atoms with E-state index in [9.17, 15) is 24.3 Å². The predicted molar refractivity (Wildman–Crippen MR) is 177 cm³/mol. The molecule has 0 unspecified atom stereocenters. The highest BCUT2D eigenvalue weighted by Gasteiger charge is 2.40. The molecule has 10 nitrogen and oxygen atoms in total. The quantitative estimate of drug-likeness (QED) is 0.266. The average Bonchev–Trinajstić information content (AvgIpc) is 3.32. The van der Waals surface area contributed by atoms with Crippen LogP contribution in [0.2, 0.25) is 0 Å². The van der Waals surface area contributed by atoms with Crippen LogP contribution in [0.1, 0.15) is 71.4 Å². The Morgan fingerprint density at radius 2 is 1.35 bits per heavy atom. The van der Waals surface area contributed by atoms with Gasteiger partial charge >= 0.3 is 12.1 Å². The topological polar surface area (TPSA) is 125 Å². The number of rotatable bonds is 15. The monoisotopic (exact) mass is 637 g/mol. The molecule has 2 aromatic rings. The van der Waals surface area contributed by atoms with Gasteiger partial charge in [-0.3, -0.25) is 29.5 Å². The number of carboxylic acids is 1. The molecule has 1 aliphatic rings. The van der Waals surface area contributed by atoms with Gasteiger partial charge in [0.25, 0.3) is 0 Å². The number of carboxylic acid groups (broad SMARTS) is 1. The molecule has 5 atom stereocenters. The fraction of sp³-hybridized carbons (Fsp3) is 0.556. The minimum absolute atomic E-state index is 0.00201. The van der Waals surface area contributed by atoms with E-state index < -0.39 is 48.1 Å². The van der Waals surface area contributed by atoms with Crippen molar-refractivity contribution in [3.05, 3.63) is 59.7 Å². The molecule has 0 saturated heterocycles. The summed E-state index contributed by atoms with van der Waals surface area (Å²) in [6, 6.07) is 14.0. The zero-order chi connectivity index (χ0) is 34.3. The van der Waals surface area contributed by atoms with Gasteiger partial charge < -0.3 is 14.6 Å². The van der Waals surface area contributed by atoms with Gasteiger partial charge in [0.1, 0.15) is 12.6 Å². The molecule has 3 amide bonds. The molecule has 3 rings (SSSR count). The molecule has 0 aliphatic heterocycles. The average molecular weight is 638 g/mol. The van der Waals surface area contributed by atoms with Crippen molar-refractivity contribution in [2.75, 3.05) is 27.8 Å². The normalized spacial score (nSPS) is 15.9. The highest BCUT2D eigenvalue weighted by molar-refractivity contribution is 6.01. The number of fused-ring (bicyclic) bond motifs is 3. The molecule has 0 aromatic heterocycles. The largest absolute Gasteiger partial charge is 0.481 e. The Balaban J connectivity index is 1.76. The molecule has 0 bridgehead atoms. The Hall–Kier alpha value is -3.76. The number of aliphatic carboxylic acids is 1. The van der Waals surface area contributed by atoms with Crippen LogP contribution < -0.4 is 5.32 Å². The fourth-order valence-electron chi connectivity index (χ4n) is 6.94. The van der Waals surface area contributed by atoms with Crippen LogP contribution in [0.25, 0.3) is 11.1 Å². The number of methoxy groups -OCH3 is 1. The Morgan fingerprint density at radius 3 is 1.80 bits per heavy atom. The van der Waals surface area contributed by atoms with Crippen molar-refractivity contribution < 1.29 is 33.8 Å². The first-order chi connectivity index (χ1) is 21.7. The van der Waals surface area contributed by atoms with Crippen LogP contribution in [0.15, 0.2) is 48.5 Å². The lowest BCUT2D eigenvalue weighted by atomic mass is 9.88. The lowest BCUT2D eigenvalue weighted by molar-refractivity contribution is -0.143. The van der Waals surface area contributed by atoms with E-state index in [0.29, 0.717) is 0 Å². The minimum Gasteiger partial charge on any atom is -0.481 e. The van der Waals surface area contributed by atoms with Gasteiger partial charge in [0.15, 0.2) is 0 Å². The third kappa shape index (κ3) is 8.14. The van der Waals surface area contributed by atoms with Crippen LogP contribution >= 0.6 is 0 Å². The molecule has 1 aliphatic carbocycles. The van der Waals surface area contributed by atoms with Crippen molar-refractivity contribution in [3.8, 4) is 11.1 Å². The van der Waals surface area contributed by atoms with E-state index in [1.165, 1.54) is 19.1 Å². The summed E-state index contributed by atoms with van der Waals surface area (Å²) in [6.07, 6.45) is -0.804. The van der Waals surface area contributed by atoms with Gasteiger partial charge in [-0.1, -0.05) is 96.5 Å². The third-order valence-corrected chi connectivity index (χ3v) is 9.28. The first-order valence-corrected chi connectivity index (χ1v) is 16.1. The zero-order valence-electron chi connectivity index (χ0n) is 28.7. The van der Waals surface area contributed by atoms with Crippen molar-refractivity contribution in [1.29, 1.82) is 0 Å². The minimum atomic E-state index is -0.995. The number of likely N-dealkylation sites (N-methyl/N-ethyl adjacent to an activating group) is 2. The van der Waals surface area contributed by atoms with Crippen molar-refractivity contribution in [3.63, 3.8) is 0 Å². The number of amides is 3. The standard InChI is InChI=1S/C36H51N3O7/c1-10-23(6)33(29(45-9)19-30(40)41)38(7)31(21(2)3)34(42)37-35(43)32(22(4)5)39(8)36(44)46-20-28-26-17-13-11-15-24(26)25-16-12-14-18-27(25)28/h11-18,21-23,28-29,31-33H,10,19-20H2,1-9H3,(H,40,41)(H,37,42,43)/t23-,29+,31-,32-,33-/m0/s1. The van der Waals surface area contributed by atoms with Crippen molar-refractivity contribution in [2.24, 2.45) is 17.8 Å². The van der Waals surface area contributed by atoms with E-state index in [4.69, 9.17) is 9.47 Å². The highest BCUT2D eigenvalue weighted by atomic mass is 16.6. The lowest BCUT2D eigenvalue weighted by Crippen LogP contribution is -2.60. The number of nitrogens with one attached hydrogen (secondary N) is 1. The van der Waals surface area contributed by atoms with Crippen molar-refractivity contribution in [1.82, 2.24) is 15.1 Å². The van der Waals surface area contributed by atoms with Crippen LogP contribution in [-0.4, -0.2) is 90.8 Å². The van der Waals surface area contributed by atoms with E-state index in [-0.39, 0.29) is 36.7 Å². The van der Waals surface area contributed by atoms with Crippen molar-refractivity contribution >= 4 is 23.9 Å². The maximum Gasteiger partial charge on any atom is 0.410 e. The molecule has 46 heavy (non-hydrogen) atoms. The summed E-state index contributed by atoms with van der Waals surface area (Å²) in [6.45, 7) is 11.5. The van der Waals surface area contributed by atoms with E-state index in [2.05, 4.69) is 17.4 Å². The Kier molecular flexibility index (Phi) is 12.9. The van der Waals surface area contributed by atoms with Crippen LogP contribution in [0.5, 0.6) is 0 Å². The summed E-state index contributed by atoms with van der Waals surface area (Å²) in [7, 11) is 4.74. The Bertz CT molecular complexity index is 1330. The van der Waals surface area contributed by atoms with E-state index >= 15 is 0 Å². The van der Waals surface area contributed by atoms with Crippen LogP contribution in [0.3, 0.4) is 0 Å². The number of carbonyl (C=O) groups is 4. The van der Waals surface area contributed by atoms with Gasteiger partial charge in [0.2, 0.25) is 11.8 Å². The highest BCUT2D eigenvalue weighted by Crippen LogP contribution is 2.44. The molecule has 0 fully saturated rings. The number of ether oxygens (including phenoxy) is 2. The molecular weight excluding hydrogens is 586 g/mol. The molecule has 0 heterocycles. The van der Waals surface area contributed by atoms with Crippen LogP contribution in [0.4, 0.5) is 4.79 Å². The number of benzene rings is 2. The maximum atomic E-state index is 13.8. The summed E-state index contributed by atoms with van der Waals surface area (Å²) in [5.74, 6) is -2.79. The van der Waals surface area contributed by atoms with Gasteiger partial charge in [0, 0.05) is 26.1 Å². The lowest BCUT2D eigenvalue weighted by Gasteiger charge is -2.42. The molecule has 2 N–H and O–H groups in total. The molecule has 2 aromatic carbocycles. The second-order valence-electron chi connectivity index (χ2n) is 13.1. The molecule has 0 spiro atoms. The summed E-state index contributed by atoms with van der Waals surface area (Å²) in [5.41, 5.74) is 4.40. The molecular formula is C36H51N3O7. The molecule has 10 heteroatoms. The molecule has 252 valence electrons. The number of hydrogen-bond acceptors (Lipinski definition) is 7. The van der Waals surface area contributed by atoms with E-state index in [1.54, 1.807) is 7.05 Å². The molecule has 0 radical (unpaired) electrons. The number of imide groups is 1. The zero-order valence-corrected chi connectivity index (χ0v) is 28.7. The number of nitrogens with zero attached hydrogens (tertiary/aromatic N) is 2. The van der Waals surface area contributed by atoms with Gasteiger partial charge in [-0.15, -0.1) is 0 Å². The van der Waals surface area contributed by atoms with Crippen LogP contribution in [-0.2, 0) is 23.9 Å². The first-order valence-electron chi connectivity index (χ1n) is 16.1. The van der Waals surface area contributed by atoms with Crippen LogP contribution in [0, 0.1) is 17.8 Å². The van der Waals surface area contributed by atoms with Crippen molar-refractivity contribution in [2.45, 2.75) is 84.5 Å². The summed E-state index contributed by atoms with van der Waals surface area (Å²) in [5, 5.41) is 12.1. The van der Waals surface area contributed by atoms with Gasteiger partial charge in [-0.2, -0.15) is 0 Å². The maximum absolute atomic E-state index is 13.8. The SMILES string of the molecule is CC[C@H](C)[C@@H]([C@@H](CC(=O)O)OC)N(C)[C@H](C(=O)NC(=O)[C@H](C(C)C)N(C)C(=O)OCC1c2ccccc2-c2ccccc21)C(C)C. The third-order valence-electron chi connectivity index (χ3n) is 9.28. The Labute approximate surface area is 273 Å². The van der Waals surface area contributed by atoms with Gasteiger partial charge in [-0.05, 0) is 47.1 Å². The predicted octanol–water partition coefficient (Wildman–Crippen LogP) is 5.40. The summed E-state index contributed by atoms with van der Waals surface area (Å²) < 4.78 is 11.4. The second kappa shape index (κ2) is 16.2. The first kappa shape index (κ1) is 36.7. The van der Waals surface area contributed by atoms with Gasteiger partial charge in [-0.25, -0.2) is 4.79 Å². The molecule has 0 saturated carbocycles. The smallest absolute Gasteiger partial charge is 0.410 e. The summed E-state index contributed by atoms with van der Waals surface area (Å²) >= 11 is 0. The Morgan fingerprint density at radius 1 is 0.848 bits per heavy atom. The summed E-state index contributed by atoms with van der Waals surface area (Å²) in [4.78, 5) is 55.5. The van der Waals surface area contributed by atoms with Gasteiger partial charge in [0.05, 0.1) is 18.6 Å². The van der Waals surface area contributed by atoms with E-state index in [1.807, 2.05) is 82.8 Å². The second-order valence-corrected chi connectivity index (χ2v) is 13.1.